The second kappa shape index (κ2) is 5.59. The van der Waals surface area contributed by atoms with E-state index in [2.05, 4.69) is 6.92 Å². The summed E-state index contributed by atoms with van der Waals surface area (Å²) in [7, 11) is 0. The summed E-state index contributed by atoms with van der Waals surface area (Å²) in [4.78, 5) is 26.7. The first-order valence-corrected chi connectivity index (χ1v) is 6.91. The quantitative estimate of drug-likeness (QED) is 0.817. The van der Waals surface area contributed by atoms with Crippen molar-refractivity contribution in [3.63, 3.8) is 0 Å². The van der Waals surface area contributed by atoms with Crippen molar-refractivity contribution in [2.75, 3.05) is 19.6 Å². The van der Waals surface area contributed by atoms with Crippen LogP contribution in [0.2, 0.25) is 0 Å². The number of hydrogen-bond donors (Lipinski definition) is 1. The van der Waals surface area contributed by atoms with Gasteiger partial charge in [-0.1, -0.05) is 13.3 Å². The van der Waals surface area contributed by atoms with Crippen molar-refractivity contribution in [3.8, 4) is 0 Å². The molecule has 1 atom stereocenters. The number of piperidine rings is 1. The lowest BCUT2D eigenvalue weighted by Gasteiger charge is -2.35. The van der Waals surface area contributed by atoms with E-state index < -0.39 is 12.0 Å². The number of rotatable bonds is 2. The van der Waals surface area contributed by atoms with Crippen LogP contribution >= 0.6 is 0 Å². The Morgan fingerprint density at radius 3 is 2.39 bits per heavy atom. The Labute approximate surface area is 108 Å². The van der Waals surface area contributed by atoms with Crippen LogP contribution in [0.25, 0.3) is 0 Å². The molecule has 2 fully saturated rings. The molecule has 2 aliphatic rings. The summed E-state index contributed by atoms with van der Waals surface area (Å²) in [6.07, 6.45) is 4.66. The van der Waals surface area contributed by atoms with Gasteiger partial charge >= 0.3 is 12.0 Å². The molecule has 0 radical (unpaired) electrons. The molecule has 0 unspecified atom stereocenters. The van der Waals surface area contributed by atoms with E-state index in [4.69, 9.17) is 5.11 Å². The third kappa shape index (κ3) is 2.60. The second-order valence-corrected chi connectivity index (χ2v) is 5.31. The lowest BCUT2D eigenvalue weighted by molar-refractivity contribution is -0.141. The van der Waals surface area contributed by atoms with E-state index in [1.807, 2.05) is 4.90 Å². The fourth-order valence-electron chi connectivity index (χ4n) is 2.97. The first-order valence-electron chi connectivity index (χ1n) is 6.91. The van der Waals surface area contributed by atoms with Crippen LogP contribution in [0.5, 0.6) is 0 Å². The van der Waals surface area contributed by atoms with Crippen LogP contribution in [0.4, 0.5) is 4.79 Å². The molecule has 0 aliphatic carbocycles. The molecule has 102 valence electrons. The van der Waals surface area contributed by atoms with Crippen LogP contribution in [0.1, 0.15) is 39.0 Å². The maximum Gasteiger partial charge on any atom is 0.326 e. The highest BCUT2D eigenvalue weighted by molar-refractivity contribution is 5.83. The van der Waals surface area contributed by atoms with Crippen LogP contribution in [0.3, 0.4) is 0 Å². The average molecular weight is 254 g/mol. The van der Waals surface area contributed by atoms with Crippen molar-refractivity contribution in [1.82, 2.24) is 9.80 Å². The fourth-order valence-corrected chi connectivity index (χ4v) is 2.97. The Morgan fingerprint density at radius 2 is 1.83 bits per heavy atom. The molecule has 0 spiro atoms. The minimum atomic E-state index is -0.871. The summed E-state index contributed by atoms with van der Waals surface area (Å²) in [5.41, 5.74) is 0. The van der Waals surface area contributed by atoms with Gasteiger partial charge in [-0.2, -0.15) is 0 Å². The highest BCUT2D eigenvalue weighted by Gasteiger charge is 2.36. The number of carboxylic acids is 1. The maximum atomic E-state index is 12.3. The highest BCUT2D eigenvalue weighted by atomic mass is 16.4. The van der Waals surface area contributed by atoms with Gasteiger partial charge in [0.25, 0.3) is 0 Å². The van der Waals surface area contributed by atoms with E-state index >= 15 is 0 Å². The molecule has 0 aromatic carbocycles. The van der Waals surface area contributed by atoms with Gasteiger partial charge in [0, 0.05) is 19.6 Å². The molecule has 2 saturated heterocycles. The van der Waals surface area contributed by atoms with Crippen LogP contribution in [-0.4, -0.2) is 52.6 Å². The molecule has 5 heteroatoms. The molecule has 5 nitrogen and oxygen atoms in total. The summed E-state index contributed by atoms with van der Waals surface area (Å²) < 4.78 is 0. The van der Waals surface area contributed by atoms with E-state index in [0.29, 0.717) is 13.0 Å². The maximum absolute atomic E-state index is 12.3. The van der Waals surface area contributed by atoms with E-state index in [9.17, 15) is 9.59 Å². The van der Waals surface area contributed by atoms with Crippen molar-refractivity contribution in [2.45, 2.75) is 45.1 Å². The van der Waals surface area contributed by atoms with Crippen molar-refractivity contribution >= 4 is 12.0 Å². The largest absolute Gasteiger partial charge is 0.480 e. The number of carbonyl (C=O) groups excluding carboxylic acids is 1. The molecule has 0 bridgehead atoms. The Hall–Kier alpha value is -1.26. The Bertz CT molecular complexity index is 324. The van der Waals surface area contributed by atoms with Gasteiger partial charge in [0.05, 0.1) is 0 Å². The van der Waals surface area contributed by atoms with Crippen molar-refractivity contribution in [2.24, 2.45) is 5.92 Å². The van der Waals surface area contributed by atoms with Crippen LogP contribution < -0.4 is 0 Å². The van der Waals surface area contributed by atoms with Gasteiger partial charge in [0.2, 0.25) is 0 Å². The number of aliphatic carboxylic acids is 1. The van der Waals surface area contributed by atoms with Crippen molar-refractivity contribution in [1.29, 1.82) is 0 Å². The van der Waals surface area contributed by atoms with Crippen molar-refractivity contribution in [3.05, 3.63) is 0 Å². The third-order valence-electron chi connectivity index (χ3n) is 4.25. The predicted molar refractivity (Wildman–Crippen MR) is 67.3 cm³/mol. The zero-order chi connectivity index (χ0) is 13.1. The number of hydrogen-bond acceptors (Lipinski definition) is 2. The Balaban J connectivity index is 1.93. The third-order valence-corrected chi connectivity index (χ3v) is 4.25. The summed E-state index contributed by atoms with van der Waals surface area (Å²) >= 11 is 0. The number of amides is 2. The monoisotopic (exact) mass is 254 g/mol. The van der Waals surface area contributed by atoms with Gasteiger partial charge in [-0.05, 0) is 31.6 Å². The minimum Gasteiger partial charge on any atom is -0.480 e. The smallest absolute Gasteiger partial charge is 0.326 e. The van der Waals surface area contributed by atoms with E-state index in [-0.39, 0.29) is 6.03 Å². The zero-order valence-corrected chi connectivity index (χ0v) is 11.0. The molecular weight excluding hydrogens is 232 g/mol. The summed E-state index contributed by atoms with van der Waals surface area (Å²) in [6.45, 7) is 4.33. The summed E-state index contributed by atoms with van der Waals surface area (Å²) in [6, 6.07) is -0.684. The van der Waals surface area contributed by atoms with Crippen LogP contribution in [0, 0.1) is 5.92 Å². The van der Waals surface area contributed by atoms with E-state index in [1.54, 1.807) is 0 Å². The molecule has 2 aliphatic heterocycles. The fraction of sp³-hybridized carbons (Fsp3) is 0.846. The lowest BCUT2D eigenvalue weighted by atomic mass is 9.95. The second-order valence-electron chi connectivity index (χ2n) is 5.31. The van der Waals surface area contributed by atoms with E-state index in [1.165, 1.54) is 11.3 Å². The molecule has 2 heterocycles. The summed E-state index contributed by atoms with van der Waals surface area (Å²) in [5.74, 6) is -0.146. The van der Waals surface area contributed by atoms with Crippen LogP contribution in [0.15, 0.2) is 0 Å². The number of carboxylic acid groups (broad SMARTS) is 1. The van der Waals surface area contributed by atoms with Crippen molar-refractivity contribution < 1.29 is 14.7 Å². The number of urea groups is 1. The number of carbonyl (C=O) groups is 2. The van der Waals surface area contributed by atoms with Gasteiger partial charge in [-0.15, -0.1) is 0 Å². The average Bonchev–Trinajstić information content (AvgIpc) is 2.87. The highest BCUT2D eigenvalue weighted by Crippen LogP contribution is 2.24. The number of nitrogens with zero attached hydrogens (tertiary/aromatic N) is 2. The zero-order valence-electron chi connectivity index (χ0n) is 11.0. The normalized spacial score (nSPS) is 25.5. The molecule has 0 aromatic rings. The molecule has 0 aromatic heterocycles. The Morgan fingerprint density at radius 1 is 1.17 bits per heavy atom. The molecule has 1 N–H and O–H groups in total. The lowest BCUT2D eigenvalue weighted by Crippen LogP contribution is -2.50. The Kier molecular flexibility index (Phi) is 4.09. The standard InChI is InChI=1S/C13H22N2O3/c1-2-10-5-8-14(9-6-10)13(18)15-7-3-4-11(15)12(16)17/h10-11H,2-9H2,1H3,(H,16,17)/t11-/m0/s1. The van der Waals surface area contributed by atoms with Gasteiger partial charge in [-0.25, -0.2) is 9.59 Å². The molecule has 2 amide bonds. The molecule has 0 saturated carbocycles. The first-order chi connectivity index (χ1) is 8.63. The molecule has 2 rings (SSSR count). The predicted octanol–water partition coefficient (Wildman–Crippen LogP) is 1.78. The molecular formula is C13H22N2O3. The van der Waals surface area contributed by atoms with Gasteiger partial charge in [-0.3, -0.25) is 0 Å². The minimum absolute atomic E-state index is 0.0746. The van der Waals surface area contributed by atoms with Gasteiger partial charge < -0.3 is 14.9 Å². The first kappa shape index (κ1) is 13.2. The van der Waals surface area contributed by atoms with E-state index in [0.717, 1.165) is 38.3 Å². The number of likely N-dealkylation sites (tertiary alicyclic amines) is 2. The molecule has 18 heavy (non-hydrogen) atoms. The topological polar surface area (TPSA) is 60.9 Å². The van der Waals surface area contributed by atoms with Crippen LogP contribution in [-0.2, 0) is 4.79 Å². The SMILES string of the molecule is CCC1CCN(C(=O)N2CCC[C@H]2C(=O)O)CC1. The van der Waals surface area contributed by atoms with Gasteiger partial charge in [0.1, 0.15) is 6.04 Å². The van der Waals surface area contributed by atoms with Gasteiger partial charge in [0.15, 0.2) is 0 Å². The summed E-state index contributed by atoms with van der Waals surface area (Å²) in [5, 5.41) is 9.10.